The zero-order valence-electron chi connectivity index (χ0n) is 15.3. The Morgan fingerprint density at radius 2 is 1.85 bits per heavy atom. The van der Waals surface area contributed by atoms with Gasteiger partial charge in [-0.05, 0) is 44.2 Å². The first-order valence-corrected chi connectivity index (χ1v) is 8.96. The minimum Gasteiger partial charge on any atom is -0.372 e. The predicted molar refractivity (Wildman–Crippen MR) is 101 cm³/mol. The van der Waals surface area contributed by atoms with Crippen LogP contribution in [0.3, 0.4) is 0 Å². The molecule has 3 heterocycles. The lowest BCUT2D eigenvalue weighted by atomic mass is 10.1. The minimum absolute atomic E-state index is 0.0330. The Morgan fingerprint density at radius 3 is 2.52 bits per heavy atom. The first-order chi connectivity index (χ1) is 13.1. The van der Waals surface area contributed by atoms with E-state index >= 15 is 0 Å². The molecule has 0 spiro atoms. The van der Waals surface area contributed by atoms with Crippen LogP contribution in [0.2, 0.25) is 0 Å². The molecule has 2 atom stereocenters. The summed E-state index contributed by atoms with van der Waals surface area (Å²) in [6.07, 6.45) is 7.00. The van der Waals surface area contributed by atoms with Gasteiger partial charge in [-0.25, -0.2) is 14.6 Å². The fourth-order valence-electron chi connectivity index (χ4n) is 3.34. The van der Waals surface area contributed by atoms with E-state index in [1.165, 1.54) is 6.33 Å². The van der Waals surface area contributed by atoms with E-state index in [0.717, 1.165) is 16.9 Å². The highest BCUT2D eigenvalue weighted by Gasteiger charge is 2.26. The number of amides is 1. The Morgan fingerprint density at radius 1 is 1.11 bits per heavy atom. The van der Waals surface area contributed by atoms with Crippen molar-refractivity contribution in [2.45, 2.75) is 26.1 Å². The summed E-state index contributed by atoms with van der Waals surface area (Å²) in [7, 11) is 0. The molecule has 7 nitrogen and oxygen atoms in total. The van der Waals surface area contributed by atoms with Gasteiger partial charge in [0.05, 0.1) is 29.8 Å². The molecule has 2 aromatic heterocycles. The summed E-state index contributed by atoms with van der Waals surface area (Å²) in [5, 5.41) is 4.39. The molecule has 0 bridgehead atoms. The van der Waals surface area contributed by atoms with Crippen molar-refractivity contribution in [1.29, 1.82) is 0 Å². The number of carbonyl (C=O) groups is 1. The van der Waals surface area contributed by atoms with Crippen LogP contribution < -0.4 is 0 Å². The summed E-state index contributed by atoms with van der Waals surface area (Å²) in [6.45, 7) is 5.22. The molecular formula is C20H21N5O2. The Hall–Kier alpha value is -3.06. The second-order valence-electron chi connectivity index (χ2n) is 6.78. The quantitative estimate of drug-likeness (QED) is 0.715. The van der Waals surface area contributed by atoms with Gasteiger partial charge in [0.15, 0.2) is 0 Å². The van der Waals surface area contributed by atoms with E-state index in [4.69, 9.17) is 4.74 Å². The van der Waals surface area contributed by atoms with E-state index in [0.29, 0.717) is 18.7 Å². The van der Waals surface area contributed by atoms with E-state index in [9.17, 15) is 4.79 Å². The highest BCUT2D eigenvalue weighted by molar-refractivity contribution is 5.94. The smallest absolute Gasteiger partial charge is 0.254 e. The van der Waals surface area contributed by atoms with Crippen molar-refractivity contribution in [3.05, 3.63) is 60.8 Å². The number of hydrogen-bond donors (Lipinski definition) is 0. The van der Waals surface area contributed by atoms with Gasteiger partial charge in [-0.3, -0.25) is 4.79 Å². The zero-order chi connectivity index (χ0) is 18.8. The topological polar surface area (TPSA) is 73.1 Å². The molecule has 1 saturated heterocycles. The average Bonchev–Trinajstić information content (AvgIpc) is 3.18. The van der Waals surface area contributed by atoms with Gasteiger partial charge >= 0.3 is 0 Å². The van der Waals surface area contributed by atoms with Crippen LogP contribution in [-0.2, 0) is 4.74 Å². The summed E-state index contributed by atoms with van der Waals surface area (Å²) in [4.78, 5) is 22.8. The van der Waals surface area contributed by atoms with Gasteiger partial charge in [-0.1, -0.05) is 0 Å². The van der Waals surface area contributed by atoms with Crippen molar-refractivity contribution >= 4 is 5.91 Å². The van der Waals surface area contributed by atoms with Gasteiger partial charge in [0.1, 0.15) is 6.33 Å². The van der Waals surface area contributed by atoms with Gasteiger partial charge in [0.2, 0.25) is 0 Å². The molecule has 2 unspecified atom stereocenters. The first-order valence-electron chi connectivity index (χ1n) is 8.96. The summed E-state index contributed by atoms with van der Waals surface area (Å²) in [5.41, 5.74) is 3.28. The van der Waals surface area contributed by atoms with Gasteiger partial charge in [-0.15, -0.1) is 0 Å². The second kappa shape index (κ2) is 7.28. The molecule has 0 aliphatic carbocycles. The van der Waals surface area contributed by atoms with E-state index in [2.05, 4.69) is 15.1 Å². The van der Waals surface area contributed by atoms with Crippen molar-refractivity contribution in [2.24, 2.45) is 0 Å². The Balaban J connectivity index is 1.51. The number of benzene rings is 1. The van der Waals surface area contributed by atoms with E-state index in [1.54, 1.807) is 17.1 Å². The molecule has 1 aliphatic rings. The normalized spacial score (nSPS) is 19.9. The fourth-order valence-corrected chi connectivity index (χ4v) is 3.34. The van der Waals surface area contributed by atoms with Crippen LogP contribution in [-0.4, -0.2) is 55.9 Å². The number of carbonyl (C=O) groups excluding carboxylic acids is 1. The Labute approximate surface area is 157 Å². The molecular weight excluding hydrogens is 342 g/mol. The van der Waals surface area contributed by atoms with Crippen LogP contribution in [0.25, 0.3) is 16.9 Å². The molecule has 0 N–H and O–H groups in total. The molecule has 1 fully saturated rings. The summed E-state index contributed by atoms with van der Waals surface area (Å²) in [5.74, 6) is 0.0330. The Kier molecular flexibility index (Phi) is 4.68. The van der Waals surface area contributed by atoms with Gasteiger partial charge in [0, 0.05) is 36.6 Å². The van der Waals surface area contributed by atoms with Crippen molar-refractivity contribution in [1.82, 2.24) is 24.6 Å². The van der Waals surface area contributed by atoms with Crippen LogP contribution in [0.1, 0.15) is 24.2 Å². The number of nitrogens with zero attached hydrogens (tertiary/aromatic N) is 5. The fraction of sp³-hybridized carbons (Fsp3) is 0.300. The van der Waals surface area contributed by atoms with Crippen molar-refractivity contribution in [3.8, 4) is 16.9 Å². The van der Waals surface area contributed by atoms with Crippen LogP contribution >= 0.6 is 0 Å². The number of hydrogen-bond acceptors (Lipinski definition) is 5. The van der Waals surface area contributed by atoms with Gasteiger partial charge in [-0.2, -0.15) is 5.10 Å². The van der Waals surface area contributed by atoms with E-state index in [-0.39, 0.29) is 18.1 Å². The van der Waals surface area contributed by atoms with E-state index < -0.39 is 0 Å². The third-order valence-corrected chi connectivity index (χ3v) is 4.55. The zero-order valence-corrected chi connectivity index (χ0v) is 15.3. The lowest BCUT2D eigenvalue weighted by Crippen LogP contribution is -2.48. The highest BCUT2D eigenvalue weighted by atomic mass is 16.5. The maximum absolute atomic E-state index is 12.8. The molecule has 3 aromatic rings. The number of ether oxygens (including phenoxy) is 1. The number of morpholine rings is 1. The molecule has 27 heavy (non-hydrogen) atoms. The predicted octanol–water partition coefficient (Wildman–Crippen LogP) is 2.58. The molecule has 1 amide bonds. The average molecular weight is 363 g/mol. The third kappa shape index (κ3) is 3.73. The molecule has 7 heteroatoms. The number of rotatable bonds is 3. The summed E-state index contributed by atoms with van der Waals surface area (Å²) < 4.78 is 7.47. The number of aromatic nitrogens is 4. The largest absolute Gasteiger partial charge is 0.372 e. The minimum atomic E-state index is 0.0330. The second-order valence-corrected chi connectivity index (χ2v) is 6.78. The van der Waals surface area contributed by atoms with E-state index in [1.807, 2.05) is 55.3 Å². The first kappa shape index (κ1) is 17.4. The lowest BCUT2D eigenvalue weighted by Gasteiger charge is -2.35. The third-order valence-electron chi connectivity index (χ3n) is 4.55. The summed E-state index contributed by atoms with van der Waals surface area (Å²) >= 11 is 0. The molecule has 1 aromatic carbocycles. The van der Waals surface area contributed by atoms with Crippen LogP contribution in [0.4, 0.5) is 0 Å². The monoisotopic (exact) mass is 363 g/mol. The summed E-state index contributed by atoms with van der Waals surface area (Å²) in [6, 6.07) is 9.32. The van der Waals surface area contributed by atoms with Crippen molar-refractivity contribution in [2.75, 3.05) is 13.1 Å². The van der Waals surface area contributed by atoms with Crippen LogP contribution in [0, 0.1) is 0 Å². The van der Waals surface area contributed by atoms with Gasteiger partial charge < -0.3 is 9.64 Å². The molecule has 4 rings (SSSR count). The maximum Gasteiger partial charge on any atom is 0.254 e. The van der Waals surface area contributed by atoms with Crippen LogP contribution in [0.5, 0.6) is 0 Å². The lowest BCUT2D eigenvalue weighted by molar-refractivity contribution is -0.0586. The molecule has 0 saturated carbocycles. The standard InChI is InChI=1S/C20H21N5O2/c1-14-10-24(11-15(2)27-14)20(26)16-3-5-18(6-4-16)25-12-17(9-23-25)19-7-8-21-13-22-19/h3-9,12-15H,10-11H2,1-2H3. The van der Waals surface area contributed by atoms with Gasteiger partial charge in [0.25, 0.3) is 5.91 Å². The Bertz CT molecular complexity index is 913. The molecule has 1 aliphatic heterocycles. The highest BCUT2D eigenvalue weighted by Crippen LogP contribution is 2.19. The molecule has 0 radical (unpaired) electrons. The maximum atomic E-state index is 12.8. The molecule has 138 valence electrons. The van der Waals surface area contributed by atoms with Crippen LogP contribution in [0.15, 0.2) is 55.2 Å². The SMILES string of the molecule is CC1CN(C(=O)c2ccc(-n3cc(-c4ccncn4)cn3)cc2)CC(C)O1. The van der Waals surface area contributed by atoms with Crippen molar-refractivity contribution < 1.29 is 9.53 Å². The van der Waals surface area contributed by atoms with Crippen molar-refractivity contribution in [3.63, 3.8) is 0 Å².